The van der Waals surface area contributed by atoms with Gasteiger partial charge in [0.15, 0.2) is 0 Å². The number of esters is 5. The van der Waals surface area contributed by atoms with E-state index in [0.717, 1.165) is 30.4 Å². The first kappa shape index (κ1) is 34.0. The first-order valence-corrected chi connectivity index (χ1v) is 11.2. The van der Waals surface area contributed by atoms with Crippen molar-refractivity contribution in [2.24, 2.45) is 10.8 Å². The van der Waals surface area contributed by atoms with Gasteiger partial charge in [0.05, 0.1) is 24.0 Å². The Hall–Kier alpha value is -4.03. The van der Waals surface area contributed by atoms with E-state index < -0.39 is 67.1 Å². The first-order valence-electron chi connectivity index (χ1n) is 11.2. The van der Waals surface area contributed by atoms with Crippen LogP contribution in [0.1, 0.15) is 6.42 Å². The van der Waals surface area contributed by atoms with E-state index in [1.807, 2.05) is 0 Å². The summed E-state index contributed by atoms with van der Waals surface area (Å²) in [6, 6.07) is 0. The topological polar surface area (TPSA) is 161 Å². The number of ether oxygens (including phenoxy) is 6. The molecule has 0 aliphatic heterocycles. The number of hydrogen-bond acceptors (Lipinski definition) is 12. The monoisotopic (exact) mass is 538 g/mol. The number of hydrogen-bond donors (Lipinski definition) is 1. The van der Waals surface area contributed by atoms with E-state index in [9.17, 15) is 29.1 Å². The molecule has 0 aliphatic rings. The molecule has 0 saturated heterocycles. The molecule has 38 heavy (non-hydrogen) atoms. The van der Waals surface area contributed by atoms with Crippen molar-refractivity contribution in [3.8, 4) is 0 Å². The van der Waals surface area contributed by atoms with Gasteiger partial charge < -0.3 is 33.5 Å². The highest BCUT2D eigenvalue weighted by Crippen LogP contribution is 2.27. The van der Waals surface area contributed by atoms with Gasteiger partial charge in [0, 0.05) is 37.0 Å². The van der Waals surface area contributed by atoms with E-state index in [-0.39, 0.29) is 32.8 Å². The third-order valence-electron chi connectivity index (χ3n) is 4.90. The lowest BCUT2D eigenvalue weighted by molar-refractivity contribution is -0.165. The van der Waals surface area contributed by atoms with Gasteiger partial charge in [0.25, 0.3) is 0 Å². The molecule has 12 heteroatoms. The summed E-state index contributed by atoms with van der Waals surface area (Å²) in [6.07, 6.45) is 4.56. The average molecular weight is 539 g/mol. The van der Waals surface area contributed by atoms with Crippen LogP contribution in [0.3, 0.4) is 0 Å². The summed E-state index contributed by atoms with van der Waals surface area (Å²) in [6.45, 7) is 13.6. The first-order chi connectivity index (χ1) is 18.0. The molecule has 0 aromatic carbocycles. The van der Waals surface area contributed by atoms with Crippen LogP contribution in [0.4, 0.5) is 0 Å². The fraction of sp³-hybridized carbons (Fsp3) is 0.423. The number of aliphatic hydroxyl groups is 1. The molecule has 0 aliphatic carbocycles. The van der Waals surface area contributed by atoms with Crippen molar-refractivity contribution >= 4 is 29.8 Å². The van der Waals surface area contributed by atoms with Crippen molar-refractivity contribution in [1.29, 1.82) is 0 Å². The Labute approximate surface area is 221 Å². The van der Waals surface area contributed by atoms with Gasteiger partial charge in [-0.1, -0.05) is 32.9 Å². The lowest BCUT2D eigenvalue weighted by atomic mass is 9.86. The fourth-order valence-electron chi connectivity index (χ4n) is 2.73. The zero-order chi connectivity index (χ0) is 29.0. The predicted octanol–water partition coefficient (Wildman–Crippen LogP) is 1.00. The normalized spacial score (nSPS) is 10.8. The molecular weight excluding hydrogens is 504 g/mol. The summed E-state index contributed by atoms with van der Waals surface area (Å²) in [5, 5.41) is 9.65. The van der Waals surface area contributed by atoms with Crippen molar-refractivity contribution in [3.63, 3.8) is 0 Å². The lowest BCUT2D eigenvalue weighted by Crippen LogP contribution is -2.45. The van der Waals surface area contributed by atoms with Gasteiger partial charge >= 0.3 is 29.8 Å². The predicted molar refractivity (Wildman–Crippen MR) is 133 cm³/mol. The Morgan fingerprint density at radius 3 is 1.03 bits per heavy atom. The molecule has 0 unspecified atom stereocenters. The van der Waals surface area contributed by atoms with Crippen LogP contribution in [0.25, 0.3) is 0 Å². The zero-order valence-electron chi connectivity index (χ0n) is 21.2. The molecule has 0 atom stereocenters. The van der Waals surface area contributed by atoms with Crippen LogP contribution >= 0.6 is 0 Å². The molecule has 0 saturated carbocycles. The van der Waals surface area contributed by atoms with Crippen molar-refractivity contribution < 1.29 is 57.5 Å². The van der Waals surface area contributed by atoms with Gasteiger partial charge in [0.2, 0.25) is 0 Å². The molecule has 0 bridgehead atoms. The Bertz CT molecular complexity index is 805. The molecule has 1 N–H and O–H groups in total. The molecule has 0 rings (SSSR count). The second kappa shape index (κ2) is 18.3. The Morgan fingerprint density at radius 1 is 0.500 bits per heavy atom. The van der Waals surface area contributed by atoms with Crippen LogP contribution in [0, 0.1) is 10.8 Å². The van der Waals surface area contributed by atoms with Crippen LogP contribution in [0.5, 0.6) is 0 Å². The number of aliphatic hydroxyl groups excluding tert-OH is 1. The van der Waals surface area contributed by atoms with Gasteiger partial charge in [-0.3, -0.25) is 0 Å². The molecule has 0 amide bonds. The van der Waals surface area contributed by atoms with Crippen LogP contribution in [0.2, 0.25) is 0 Å². The molecule has 12 nitrogen and oxygen atoms in total. The Kier molecular flexibility index (Phi) is 16.3. The average Bonchev–Trinajstić information content (AvgIpc) is 2.94. The maximum Gasteiger partial charge on any atom is 0.330 e. The molecule has 0 radical (unpaired) electrons. The van der Waals surface area contributed by atoms with Crippen LogP contribution in [-0.2, 0) is 52.4 Å². The van der Waals surface area contributed by atoms with E-state index >= 15 is 0 Å². The molecule has 0 fully saturated rings. The maximum absolute atomic E-state index is 11.8. The molecule has 0 aromatic rings. The van der Waals surface area contributed by atoms with Gasteiger partial charge in [-0.25, -0.2) is 24.0 Å². The molecule has 0 aromatic heterocycles. The summed E-state index contributed by atoms with van der Waals surface area (Å²) < 4.78 is 31.5. The largest absolute Gasteiger partial charge is 0.462 e. The van der Waals surface area contributed by atoms with Crippen molar-refractivity contribution in [2.75, 3.05) is 52.9 Å². The van der Waals surface area contributed by atoms with E-state index in [4.69, 9.17) is 28.4 Å². The van der Waals surface area contributed by atoms with Gasteiger partial charge in [0.1, 0.15) is 33.0 Å². The van der Waals surface area contributed by atoms with Crippen molar-refractivity contribution in [3.05, 3.63) is 63.3 Å². The molecular formula is C26H34O12. The maximum atomic E-state index is 11.8. The van der Waals surface area contributed by atoms with E-state index in [0.29, 0.717) is 0 Å². The standard InChI is InChI=1S/C26H34O12/c1-6-20(28)34-15-25(11-12-27,16-35-21(29)7-2)13-33-14-26(17-36-22(30)8-3,18-37-23(31)9-4)19-38-24(32)10-5/h6-10,27H,1-5,11-19H2. The molecule has 0 spiro atoms. The number of carbonyl (C=O) groups is 5. The summed E-state index contributed by atoms with van der Waals surface area (Å²) in [7, 11) is 0. The van der Waals surface area contributed by atoms with Crippen molar-refractivity contribution in [2.45, 2.75) is 6.42 Å². The highest BCUT2D eigenvalue weighted by molar-refractivity contribution is 5.82. The Balaban J connectivity index is 6.04. The SMILES string of the molecule is C=CC(=O)OCC(CCO)(COCC(COC(=O)C=C)(COC(=O)C=C)COC(=O)C=C)COC(=O)C=C. The Morgan fingerprint density at radius 2 is 0.763 bits per heavy atom. The van der Waals surface area contributed by atoms with Gasteiger partial charge in [-0.05, 0) is 6.42 Å². The third kappa shape index (κ3) is 13.3. The summed E-state index contributed by atoms with van der Waals surface area (Å²) in [4.78, 5) is 58.6. The second-order valence-corrected chi connectivity index (χ2v) is 8.03. The van der Waals surface area contributed by atoms with Gasteiger partial charge in [-0.2, -0.15) is 0 Å². The highest BCUT2D eigenvalue weighted by Gasteiger charge is 2.39. The second-order valence-electron chi connectivity index (χ2n) is 8.03. The molecule has 0 heterocycles. The fourth-order valence-corrected chi connectivity index (χ4v) is 2.73. The van der Waals surface area contributed by atoms with Crippen LogP contribution in [-0.4, -0.2) is 87.8 Å². The van der Waals surface area contributed by atoms with Crippen LogP contribution in [0.15, 0.2) is 63.3 Å². The van der Waals surface area contributed by atoms with E-state index in [1.165, 1.54) is 0 Å². The lowest BCUT2D eigenvalue weighted by Gasteiger charge is -2.35. The summed E-state index contributed by atoms with van der Waals surface area (Å²) >= 11 is 0. The molecule has 210 valence electrons. The minimum Gasteiger partial charge on any atom is -0.462 e. The number of carbonyl (C=O) groups excluding carboxylic acids is 5. The third-order valence-corrected chi connectivity index (χ3v) is 4.90. The smallest absolute Gasteiger partial charge is 0.330 e. The van der Waals surface area contributed by atoms with Crippen molar-refractivity contribution in [1.82, 2.24) is 0 Å². The van der Waals surface area contributed by atoms with Crippen LogP contribution < -0.4 is 0 Å². The minimum atomic E-state index is -1.42. The van der Waals surface area contributed by atoms with E-state index in [2.05, 4.69) is 32.9 Å². The number of rotatable bonds is 21. The quantitative estimate of drug-likeness (QED) is 0.126. The van der Waals surface area contributed by atoms with E-state index in [1.54, 1.807) is 0 Å². The minimum absolute atomic E-state index is 0.0306. The highest BCUT2D eigenvalue weighted by atomic mass is 16.6. The summed E-state index contributed by atoms with van der Waals surface area (Å²) in [5.41, 5.74) is -2.65. The zero-order valence-corrected chi connectivity index (χ0v) is 21.2. The summed E-state index contributed by atoms with van der Waals surface area (Å²) in [5.74, 6) is -3.94. The van der Waals surface area contributed by atoms with Gasteiger partial charge in [-0.15, -0.1) is 0 Å².